The van der Waals surface area contributed by atoms with Crippen molar-refractivity contribution < 1.29 is 18.8 Å². The maximum absolute atomic E-state index is 14.1. The van der Waals surface area contributed by atoms with E-state index in [1.807, 2.05) is 9.80 Å². The largest absolute Gasteiger partial charge is 0.367 e. The lowest BCUT2D eigenvalue weighted by atomic mass is 10.1. The van der Waals surface area contributed by atoms with Crippen LogP contribution in [0, 0.1) is 5.82 Å². The number of para-hydroxylation sites is 1. The van der Waals surface area contributed by atoms with Crippen LogP contribution < -0.4 is 15.5 Å². The molecule has 1 atom stereocenters. The number of amides is 3. The van der Waals surface area contributed by atoms with E-state index in [0.717, 1.165) is 0 Å². The fraction of sp³-hybridized carbons (Fsp3) is 0.375. The molecule has 4 rings (SSSR count). The smallest absolute Gasteiger partial charge is 0.243 e. The number of anilines is 2. The van der Waals surface area contributed by atoms with Crippen LogP contribution in [0.25, 0.3) is 0 Å². The van der Waals surface area contributed by atoms with Crippen molar-refractivity contribution in [3.8, 4) is 0 Å². The number of hydrogen-bond acceptors (Lipinski definition) is 5. The topological polar surface area (TPSA) is 85.0 Å². The number of hydrogen-bond donors (Lipinski definition) is 2. The average Bonchev–Trinajstić information content (AvgIpc) is 2.83. The molecular weight excluding hydrogens is 461 g/mol. The highest BCUT2D eigenvalue weighted by molar-refractivity contribution is 6.30. The molecule has 10 heteroatoms. The number of rotatable bonds is 6. The lowest BCUT2D eigenvalue weighted by molar-refractivity contribution is -0.145. The number of halogens is 2. The second kappa shape index (κ2) is 10.8. The summed E-state index contributed by atoms with van der Waals surface area (Å²) in [5, 5.41) is 6.03. The Kier molecular flexibility index (Phi) is 7.64. The van der Waals surface area contributed by atoms with Crippen LogP contribution in [0.2, 0.25) is 5.02 Å². The summed E-state index contributed by atoms with van der Waals surface area (Å²) < 4.78 is 14.1. The third kappa shape index (κ3) is 5.84. The second-order valence-electron chi connectivity index (χ2n) is 8.37. The summed E-state index contributed by atoms with van der Waals surface area (Å²) in [7, 11) is 0. The zero-order valence-corrected chi connectivity index (χ0v) is 19.4. The number of carbonyl (C=O) groups is 3. The van der Waals surface area contributed by atoms with Gasteiger partial charge in [0.1, 0.15) is 11.9 Å². The SMILES string of the molecule is O=C(C[C@H]1C(=O)NCCN1C(=O)CN1CCN(c2ccccc2F)CC1)Nc1ccc(Cl)cc1. The molecule has 2 saturated heterocycles. The standard InChI is InChI=1S/C24H27ClFN5O3/c25-17-5-7-18(8-6-17)28-22(32)15-21-24(34)27-9-10-31(21)23(33)16-29-11-13-30(14-12-29)20-4-2-1-3-19(20)26/h1-8,21H,9-16H2,(H,27,34)(H,28,32)/t21-/m0/s1. The van der Waals surface area contributed by atoms with E-state index >= 15 is 0 Å². The van der Waals surface area contributed by atoms with E-state index in [1.165, 1.54) is 11.0 Å². The zero-order chi connectivity index (χ0) is 24.1. The van der Waals surface area contributed by atoms with Crippen LogP contribution in [0.3, 0.4) is 0 Å². The number of nitrogens with one attached hydrogen (secondary N) is 2. The molecule has 0 aromatic heterocycles. The second-order valence-corrected chi connectivity index (χ2v) is 8.80. The van der Waals surface area contributed by atoms with E-state index in [2.05, 4.69) is 10.6 Å². The van der Waals surface area contributed by atoms with Crippen molar-refractivity contribution in [2.24, 2.45) is 0 Å². The molecule has 2 aliphatic rings. The molecule has 2 aromatic rings. The van der Waals surface area contributed by atoms with Gasteiger partial charge >= 0.3 is 0 Å². The van der Waals surface area contributed by atoms with E-state index in [0.29, 0.717) is 55.7 Å². The Balaban J connectivity index is 1.32. The van der Waals surface area contributed by atoms with Crippen LogP contribution in [0.5, 0.6) is 0 Å². The van der Waals surface area contributed by atoms with Crippen molar-refractivity contribution in [1.29, 1.82) is 0 Å². The molecule has 0 radical (unpaired) electrons. The van der Waals surface area contributed by atoms with Crippen molar-refractivity contribution in [3.05, 3.63) is 59.4 Å². The Morgan fingerprint density at radius 1 is 1.03 bits per heavy atom. The van der Waals surface area contributed by atoms with Crippen molar-refractivity contribution in [1.82, 2.24) is 15.1 Å². The van der Waals surface area contributed by atoms with Gasteiger partial charge in [0.15, 0.2) is 0 Å². The Morgan fingerprint density at radius 2 is 1.74 bits per heavy atom. The molecule has 0 unspecified atom stereocenters. The van der Waals surface area contributed by atoms with Crippen molar-refractivity contribution in [2.75, 3.05) is 56.0 Å². The van der Waals surface area contributed by atoms with Gasteiger partial charge in [-0.2, -0.15) is 0 Å². The highest BCUT2D eigenvalue weighted by Crippen LogP contribution is 2.20. The van der Waals surface area contributed by atoms with Gasteiger partial charge in [-0.25, -0.2) is 4.39 Å². The normalized spacial score (nSPS) is 19.0. The molecule has 0 saturated carbocycles. The Morgan fingerprint density at radius 3 is 2.44 bits per heavy atom. The van der Waals surface area contributed by atoms with Gasteiger partial charge in [-0.1, -0.05) is 23.7 Å². The van der Waals surface area contributed by atoms with E-state index in [4.69, 9.17) is 11.6 Å². The summed E-state index contributed by atoms with van der Waals surface area (Å²) in [4.78, 5) is 43.6. The Bertz CT molecular complexity index is 1040. The number of carbonyl (C=O) groups excluding carboxylic acids is 3. The van der Waals surface area contributed by atoms with Gasteiger partial charge in [0.2, 0.25) is 17.7 Å². The Labute approximate surface area is 202 Å². The molecule has 3 amide bonds. The molecular formula is C24H27ClFN5O3. The highest BCUT2D eigenvalue weighted by Gasteiger charge is 2.35. The molecule has 180 valence electrons. The van der Waals surface area contributed by atoms with E-state index in [9.17, 15) is 18.8 Å². The molecule has 2 N–H and O–H groups in total. The molecule has 8 nitrogen and oxygen atoms in total. The number of nitrogens with zero attached hydrogens (tertiary/aromatic N) is 3. The summed E-state index contributed by atoms with van der Waals surface area (Å²) in [6.07, 6.45) is -0.138. The van der Waals surface area contributed by atoms with E-state index in [1.54, 1.807) is 42.5 Å². The molecule has 2 aliphatic heterocycles. The van der Waals surface area contributed by atoms with Gasteiger partial charge in [-0.3, -0.25) is 19.3 Å². The van der Waals surface area contributed by atoms with Gasteiger partial charge in [-0.15, -0.1) is 0 Å². The molecule has 0 aliphatic carbocycles. The van der Waals surface area contributed by atoms with Gasteiger partial charge in [0.05, 0.1) is 18.7 Å². The first-order valence-corrected chi connectivity index (χ1v) is 11.6. The van der Waals surface area contributed by atoms with Crippen molar-refractivity contribution in [2.45, 2.75) is 12.5 Å². The van der Waals surface area contributed by atoms with Crippen LogP contribution in [0.4, 0.5) is 15.8 Å². The first kappa shape index (κ1) is 24.0. The van der Waals surface area contributed by atoms with Crippen LogP contribution in [0.15, 0.2) is 48.5 Å². The third-order valence-electron chi connectivity index (χ3n) is 6.08. The summed E-state index contributed by atoms with van der Waals surface area (Å²) in [6.45, 7) is 3.24. The fourth-order valence-corrected chi connectivity index (χ4v) is 4.40. The lowest BCUT2D eigenvalue weighted by Gasteiger charge is -2.39. The van der Waals surface area contributed by atoms with Gasteiger partial charge in [-0.05, 0) is 36.4 Å². The van der Waals surface area contributed by atoms with Crippen LogP contribution in [-0.4, -0.2) is 79.4 Å². The Hall–Kier alpha value is -3.17. The molecule has 2 fully saturated rings. The third-order valence-corrected chi connectivity index (χ3v) is 6.33. The predicted molar refractivity (Wildman–Crippen MR) is 128 cm³/mol. The van der Waals surface area contributed by atoms with Crippen molar-refractivity contribution >= 4 is 40.7 Å². The van der Waals surface area contributed by atoms with Crippen LogP contribution in [-0.2, 0) is 14.4 Å². The highest BCUT2D eigenvalue weighted by atomic mass is 35.5. The molecule has 2 aromatic carbocycles. The minimum atomic E-state index is -0.867. The summed E-state index contributed by atoms with van der Waals surface area (Å²) in [5.74, 6) is -1.15. The fourth-order valence-electron chi connectivity index (χ4n) is 4.27. The molecule has 34 heavy (non-hydrogen) atoms. The van der Waals surface area contributed by atoms with Gasteiger partial charge in [0, 0.05) is 50.0 Å². The van der Waals surface area contributed by atoms with Gasteiger partial charge < -0.3 is 20.4 Å². The first-order chi connectivity index (χ1) is 16.4. The lowest BCUT2D eigenvalue weighted by Crippen LogP contribution is -2.60. The molecule has 0 bridgehead atoms. The summed E-state index contributed by atoms with van der Waals surface area (Å²) in [5.41, 5.74) is 1.13. The van der Waals surface area contributed by atoms with Crippen molar-refractivity contribution in [3.63, 3.8) is 0 Å². The quantitative estimate of drug-likeness (QED) is 0.650. The summed E-state index contributed by atoms with van der Waals surface area (Å²) >= 11 is 5.87. The number of benzene rings is 2. The minimum absolute atomic E-state index is 0.138. The van der Waals surface area contributed by atoms with Crippen LogP contribution >= 0.6 is 11.6 Å². The van der Waals surface area contributed by atoms with E-state index in [-0.39, 0.29) is 36.5 Å². The maximum Gasteiger partial charge on any atom is 0.243 e. The number of piperazine rings is 2. The molecule has 0 spiro atoms. The summed E-state index contributed by atoms with van der Waals surface area (Å²) in [6, 6.07) is 12.5. The van der Waals surface area contributed by atoms with E-state index < -0.39 is 6.04 Å². The van der Waals surface area contributed by atoms with Crippen LogP contribution in [0.1, 0.15) is 6.42 Å². The first-order valence-electron chi connectivity index (χ1n) is 11.2. The molecule has 2 heterocycles. The maximum atomic E-state index is 14.1. The predicted octanol–water partition coefficient (Wildman–Crippen LogP) is 1.96. The zero-order valence-electron chi connectivity index (χ0n) is 18.7. The monoisotopic (exact) mass is 487 g/mol. The average molecular weight is 488 g/mol. The minimum Gasteiger partial charge on any atom is -0.367 e. The van der Waals surface area contributed by atoms with Gasteiger partial charge in [0.25, 0.3) is 0 Å².